The monoisotopic (exact) mass is 1110 g/mol. The fraction of sp³-hybridized carbons (Fsp3) is 0.909. The summed E-state index contributed by atoms with van der Waals surface area (Å²) in [5.41, 5.74) is -4.35. The van der Waals surface area contributed by atoms with Crippen LogP contribution in [0.1, 0.15) is 26.7 Å². The minimum absolute atomic E-state index is 0.249. The lowest BCUT2D eigenvalue weighted by Gasteiger charge is -2.42. The minimum atomic E-state index is -9.38. The Morgan fingerprint density at radius 3 is 0.606 bits per heavy atom. The third-order valence-corrected chi connectivity index (χ3v) is 9.82. The van der Waals surface area contributed by atoms with Crippen molar-refractivity contribution < 1.29 is 175 Å². The van der Waals surface area contributed by atoms with Crippen LogP contribution in [0.4, 0.5) is 149 Å². The van der Waals surface area contributed by atoms with Gasteiger partial charge in [0, 0.05) is 0 Å². The number of hydrogen-bond acceptors (Lipinski definition) is 8. The fourth-order valence-corrected chi connectivity index (χ4v) is 4.98. The summed E-state index contributed by atoms with van der Waals surface area (Å²) >= 11 is 0. The molecule has 0 aromatic carbocycles. The van der Waals surface area contributed by atoms with Gasteiger partial charge in [-0.2, -0.15) is 166 Å². The van der Waals surface area contributed by atoms with Gasteiger partial charge in [0.05, 0.1) is 0 Å². The Hall–Kier alpha value is -3.54. The summed E-state index contributed by atoms with van der Waals surface area (Å²) in [6, 6.07) is 0. The Kier molecular flexibility index (Phi) is 15.7. The highest BCUT2D eigenvalue weighted by molar-refractivity contribution is 7.88. The summed E-state index contributed by atoms with van der Waals surface area (Å²) in [6.07, 6.45) is -19.7. The SMILES string of the molecule is CCC(=NOS(=O)(=O)C(F)(F)C(F)(F)C(F)(F)C(F)(F)C(F)(F)C(F)(F)C(F)(F)C(F)(F)F)C(CC)=NOS(=O)(=O)C(F)(F)C(F)(F)C(F)(F)C(F)(F)C(F)(F)C(F)(F)C(F)(F)C(F)(F)F. The third-order valence-electron chi connectivity index (χ3n) is 7.51. The predicted octanol–water partition coefficient (Wildman–Crippen LogP) is 11.1. The summed E-state index contributed by atoms with van der Waals surface area (Å²) in [6.45, 7) is 0.497. The van der Waals surface area contributed by atoms with Gasteiger partial charge in [0.2, 0.25) is 0 Å². The molecule has 0 bridgehead atoms. The van der Waals surface area contributed by atoms with Crippen molar-refractivity contribution in [2.24, 2.45) is 10.3 Å². The zero-order valence-electron chi connectivity index (χ0n) is 29.4. The highest BCUT2D eigenvalue weighted by Crippen LogP contribution is 2.66. The van der Waals surface area contributed by atoms with Gasteiger partial charge in [0.25, 0.3) is 0 Å². The first-order valence-electron chi connectivity index (χ1n) is 14.5. The highest BCUT2D eigenvalue weighted by atomic mass is 32.2. The second-order valence-electron chi connectivity index (χ2n) is 11.8. The lowest BCUT2D eigenvalue weighted by Crippen LogP contribution is -2.75. The molecule has 0 aromatic heterocycles. The molecule has 0 unspecified atom stereocenters. The standard InChI is InChI=1S/C22H10F34N2O6S2/c1-3-5(57-63-65(59,60)21(53,54)17(43,44)13(35,36)9(27,28)7(23,24)11(31,32)15(39,40)19(47,48)49)6(4-2)58-64-66(61,62)22(55,56)18(45,46)14(37,38)10(29,30)8(25,26)12(33,34)16(41,42)20(50,51)52/h3-4H2,1-2H3. The molecule has 0 rings (SSSR count). The molecule has 0 aliphatic carbocycles. The molecule has 0 saturated carbocycles. The van der Waals surface area contributed by atoms with Crippen LogP contribution < -0.4 is 0 Å². The molecule has 0 aromatic rings. The van der Waals surface area contributed by atoms with Gasteiger partial charge in [-0.15, -0.1) is 0 Å². The maximum Gasteiger partial charge on any atom is 0.460 e. The van der Waals surface area contributed by atoms with Crippen LogP contribution in [0.5, 0.6) is 0 Å². The molecule has 0 aliphatic rings. The van der Waals surface area contributed by atoms with Crippen LogP contribution in [0.3, 0.4) is 0 Å². The minimum Gasteiger partial charge on any atom is -0.264 e. The van der Waals surface area contributed by atoms with Crippen molar-refractivity contribution in [2.75, 3.05) is 0 Å². The number of oxime groups is 2. The lowest BCUT2D eigenvalue weighted by atomic mass is 9.91. The Balaban J connectivity index is 7.33. The molecule has 0 spiro atoms. The Labute approximate surface area is 338 Å². The lowest BCUT2D eigenvalue weighted by molar-refractivity contribution is -0.458. The summed E-state index contributed by atoms with van der Waals surface area (Å²) in [4.78, 5) is 0. The topological polar surface area (TPSA) is 111 Å². The van der Waals surface area contributed by atoms with Crippen LogP contribution in [0, 0.1) is 0 Å². The number of halogens is 34. The largest absolute Gasteiger partial charge is 0.460 e. The van der Waals surface area contributed by atoms with Crippen molar-refractivity contribution >= 4 is 31.7 Å². The second-order valence-corrected chi connectivity index (χ2v) is 14.9. The van der Waals surface area contributed by atoms with E-state index in [2.05, 4.69) is 8.57 Å². The van der Waals surface area contributed by atoms with E-state index in [0.29, 0.717) is 0 Å². The Bertz CT molecular complexity index is 1920. The normalized spacial score (nSPS) is 17.0. The van der Waals surface area contributed by atoms with Crippen LogP contribution in [-0.4, -0.2) is 122 Å². The van der Waals surface area contributed by atoms with Crippen molar-refractivity contribution in [2.45, 2.75) is 121 Å². The van der Waals surface area contributed by atoms with E-state index in [1.807, 2.05) is 0 Å². The molecular weight excluding hydrogens is 1100 g/mol. The van der Waals surface area contributed by atoms with Gasteiger partial charge in [-0.1, -0.05) is 24.2 Å². The van der Waals surface area contributed by atoms with E-state index in [4.69, 9.17) is 0 Å². The molecule has 0 radical (unpaired) electrons. The van der Waals surface area contributed by atoms with E-state index < -0.39 is 138 Å². The molecule has 394 valence electrons. The molecule has 8 nitrogen and oxygen atoms in total. The number of alkyl halides is 34. The summed E-state index contributed by atoms with van der Waals surface area (Å²) < 4.78 is 509. The van der Waals surface area contributed by atoms with Crippen molar-refractivity contribution in [3.05, 3.63) is 0 Å². The van der Waals surface area contributed by atoms with Gasteiger partial charge in [-0.05, 0) is 12.8 Å². The van der Waals surface area contributed by atoms with Gasteiger partial charge in [0.1, 0.15) is 11.4 Å². The van der Waals surface area contributed by atoms with Crippen LogP contribution in [0.15, 0.2) is 10.3 Å². The van der Waals surface area contributed by atoms with Gasteiger partial charge < -0.3 is 0 Å². The zero-order valence-corrected chi connectivity index (χ0v) is 31.1. The molecule has 0 heterocycles. The van der Waals surface area contributed by atoms with Gasteiger partial charge in [-0.25, -0.2) is 0 Å². The Morgan fingerprint density at radius 1 is 0.303 bits per heavy atom. The number of rotatable bonds is 21. The molecule has 0 amide bonds. The molecule has 0 aliphatic heterocycles. The third kappa shape index (κ3) is 8.30. The molecule has 66 heavy (non-hydrogen) atoms. The summed E-state index contributed by atoms with van der Waals surface area (Å²) in [5, 5.41) is -13.7. The molecule has 0 saturated heterocycles. The first-order valence-corrected chi connectivity index (χ1v) is 17.3. The average Bonchev–Trinajstić information content (AvgIpc) is 3.10. The smallest absolute Gasteiger partial charge is 0.264 e. The average molecular weight is 1110 g/mol. The molecule has 0 atom stereocenters. The first-order chi connectivity index (χ1) is 28.1. The summed E-state index contributed by atoms with van der Waals surface area (Å²) in [5.74, 6) is -110. The van der Waals surface area contributed by atoms with Gasteiger partial charge in [-0.3, -0.25) is 8.57 Å². The van der Waals surface area contributed by atoms with E-state index in [-0.39, 0.29) is 13.8 Å². The van der Waals surface area contributed by atoms with E-state index in [9.17, 15) is 166 Å². The first kappa shape index (κ1) is 62.5. The maximum atomic E-state index is 14.2. The molecule has 0 N–H and O–H groups in total. The van der Waals surface area contributed by atoms with E-state index in [1.54, 1.807) is 10.3 Å². The van der Waals surface area contributed by atoms with Gasteiger partial charge >= 0.3 is 114 Å². The van der Waals surface area contributed by atoms with Crippen molar-refractivity contribution in [1.82, 2.24) is 0 Å². The van der Waals surface area contributed by atoms with E-state index in [1.165, 1.54) is 0 Å². The second kappa shape index (κ2) is 16.6. The van der Waals surface area contributed by atoms with Crippen LogP contribution in [0.25, 0.3) is 0 Å². The molecule has 44 heteroatoms. The quantitative estimate of drug-likeness (QED) is 0.0643. The maximum absolute atomic E-state index is 14.2. The van der Waals surface area contributed by atoms with Crippen LogP contribution >= 0.6 is 0 Å². The fourth-order valence-electron chi connectivity index (χ4n) is 3.54. The van der Waals surface area contributed by atoms with Crippen molar-refractivity contribution in [3.63, 3.8) is 0 Å². The van der Waals surface area contributed by atoms with E-state index >= 15 is 0 Å². The summed E-state index contributed by atoms with van der Waals surface area (Å²) in [7, 11) is -17.3. The molecular formula is C22H10F34N2O6S2. The van der Waals surface area contributed by atoms with E-state index in [0.717, 1.165) is 0 Å². The number of hydrogen-bond donors (Lipinski definition) is 0. The van der Waals surface area contributed by atoms with Crippen LogP contribution in [0.2, 0.25) is 0 Å². The highest BCUT2D eigenvalue weighted by Gasteiger charge is 2.98. The Morgan fingerprint density at radius 2 is 0.455 bits per heavy atom. The van der Waals surface area contributed by atoms with Crippen molar-refractivity contribution in [1.29, 1.82) is 0 Å². The van der Waals surface area contributed by atoms with Crippen molar-refractivity contribution in [3.8, 4) is 0 Å². The predicted molar refractivity (Wildman–Crippen MR) is 137 cm³/mol. The van der Waals surface area contributed by atoms with Gasteiger partial charge in [0.15, 0.2) is 0 Å². The zero-order chi connectivity index (χ0) is 54.4. The van der Waals surface area contributed by atoms with Crippen LogP contribution in [-0.2, 0) is 28.8 Å². The molecule has 0 fully saturated rings. The number of nitrogens with zero attached hydrogens (tertiary/aromatic N) is 2.